The number of hydrogen-bond acceptors (Lipinski definition) is 1. The number of carboxylic acid groups (broad SMARTS) is 1. The number of hydrogen-bond donors (Lipinski definition) is 1. The molecule has 1 N–H and O–H groups in total. The topological polar surface area (TPSA) is 37.3 Å². The van der Waals surface area contributed by atoms with E-state index in [0.717, 1.165) is 0 Å². The van der Waals surface area contributed by atoms with Crippen molar-refractivity contribution >= 4 is 5.97 Å². The van der Waals surface area contributed by atoms with Crippen LogP contribution in [-0.2, 0) is 4.79 Å². The summed E-state index contributed by atoms with van der Waals surface area (Å²) in [6.45, 7) is 3.55. The Morgan fingerprint density at radius 1 is 1.33 bits per heavy atom. The van der Waals surface area contributed by atoms with Gasteiger partial charge in [-0.1, -0.05) is 38.7 Å². The molecule has 1 aliphatic carbocycles. The Bertz CT molecular complexity index is 178. The third-order valence-electron chi connectivity index (χ3n) is 2.56. The molecular formula is C10H16O2. The predicted octanol–water partition coefficient (Wildman–Crippen LogP) is 2.60. The molecule has 1 rings (SSSR count). The molecule has 1 aliphatic rings. The van der Waals surface area contributed by atoms with Gasteiger partial charge in [0, 0.05) is 5.57 Å². The van der Waals surface area contributed by atoms with Gasteiger partial charge in [0.15, 0.2) is 0 Å². The van der Waals surface area contributed by atoms with Crippen LogP contribution in [0.2, 0.25) is 0 Å². The maximum Gasteiger partial charge on any atom is 0.330 e. The van der Waals surface area contributed by atoms with E-state index in [0.29, 0.717) is 17.9 Å². The molecule has 0 aromatic rings. The van der Waals surface area contributed by atoms with Gasteiger partial charge in [-0.15, -0.1) is 0 Å². The zero-order valence-corrected chi connectivity index (χ0v) is 7.38. The molecule has 1 fully saturated rings. The highest BCUT2D eigenvalue weighted by Crippen LogP contribution is 2.28. The monoisotopic (exact) mass is 168 g/mol. The molecule has 2 heteroatoms. The van der Waals surface area contributed by atoms with Crippen LogP contribution in [0, 0.1) is 5.92 Å². The number of carboxylic acids is 1. The Morgan fingerprint density at radius 3 is 2.42 bits per heavy atom. The molecule has 0 atom stereocenters. The summed E-state index contributed by atoms with van der Waals surface area (Å²) in [5, 5.41) is 8.61. The van der Waals surface area contributed by atoms with Crippen molar-refractivity contribution in [1.29, 1.82) is 0 Å². The molecule has 0 radical (unpaired) electrons. The number of rotatable bonds is 3. The standard InChI is InChI=1S/C10H16O2/c1-8(10(11)12)7-9-5-3-2-4-6-9/h9H,1-7H2,(H,11,12). The summed E-state index contributed by atoms with van der Waals surface area (Å²) >= 11 is 0. The lowest BCUT2D eigenvalue weighted by Crippen LogP contribution is -2.10. The summed E-state index contributed by atoms with van der Waals surface area (Å²) in [5.41, 5.74) is 0.377. The van der Waals surface area contributed by atoms with Crippen molar-refractivity contribution in [1.82, 2.24) is 0 Å². The largest absolute Gasteiger partial charge is 0.478 e. The molecule has 0 aromatic heterocycles. The SMILES string of the molecule is C=C(CC1CCCCC1)C(=O)O. The number of carbonyl (C=O) groups is 1. The summed E-state index contributed by atoms with van der Waals surface area (Å²) in [6, 6.07) is 0. The fraction of sp³-hybridized carbons (Fsp3) is 0.700. The Labute approximate surface area is 73.3 Å². The first kappa shape index (κ1) is 9.30. The molecular weight excluding hydrogens is 152 g/mol. The van der Waals surface area contributed by atoms with E-state index in [1.165, 1.54) is 32.1 Å². The van der Waals surface area contributed by atoms with Gasteiger partial charge in [0.2, 0.25) is 0 Å². The van der Waals surface area contributed by atoms with E-state index < -0.39 is 5.97 Å². The average Bonchev–Trinajstić information content (AvgIpc) is 2.06. The third-order valence-corrected chi connectivity index (χ3v) is 2.56. The van der Waals surface area contributed by atoms with E-state index in [1.54, 1.807) is 0 Å². The lowest BCUT2D eigenvalue weighted by Gasteiger charge is -2.21. The highest BCUT2D eigenvalue weighted by Gasteiger charge is 2.16. The van der Waals surface area contributed by atoms with Gasteiger partial charge in [0.25, 0.3) is 0 Å². The highest BCUT2D eigenvalue weighted by atomic mass is 16.4. The Balaban J connectivity index is 2.29. The first-order valence-corrected chi connectivity index (χ1v) is 4.61. The van der Waals surface area contributed by atoms with Gasteiger partial charge in [-0.3, -0.25) is 0 Å². The van der Waals surface area contributed by atoms with Gasteiger partial charge in [-0.2, -0.15) is 0 Å². The zero-order valence-electron chi connectivity index (χ0n) is 7.38. The van der Waals surface area contributed by atoms with E-state index in [-0.39, 0.29) is 0 Å². The van der Waals surface area contributed by atoms with Crippen molar-refractivity contribution in [3.8, 4) is 0 Å². The summed E-state index contributed by atoms with van der Waals surface area (Å²) in [4.78, 5) is 10.5. The molecule has 0 bridgehead atoms. The van der Waals surface area contributed by atoms with Crippen LogP contribution in [-0.4, -0.2) is 11.1 Å². The van der Waals surface area contributed by atoms with Crippen LogP contribution in [0.25, 0.3) is 0 Å². The summed E-state index contributed by atoms with van der Waals surface area (Å²) in [6.07, 6.45) is 6.90. The minimum Gasteiger partial charge on any atom is -0.478 e. The molecule has 68 valence electrons. The van der Waals surface area contributed by atoms with Crippen molar-refractivity contribution in [3.05, 3.63) is 12.2 Å². The van der Waals surface area contributed by atoms with E-state index in [1.807, 2.05) is 0 Å². The van der Waals surface area contributed by atoms with Gasteiger partial charge in [0.1, 0.15) is 0 Å². The Hall–Kier alpha value is -0.790. The Kier molecular flexibility index (Phi) is 3.32. The zero-order chi connectivity index (χ0) is 8.97. The van der Waals surface area contributed by atoms with Crippen LogP contribution in [0.1, 0.15) is 38.5 Å². The molecule has 0 amide bonds. The molecule has 0 spiro atoms. The van der Waals surface area contributed by atoms with E-state index >= 15 is 0 Å². The summed E-state index contributed by atoms with van der Waals surface area (Å²) in [5.74, 6) is -0.247. The van der Waals surface area contributed by atoms with Crippen LogP contribution in [0.15, 0.2) is 12.2 Å². The van der Waals surface area contributed by atoms with Gasteiger partial charge >= 0.3 is 5.97 Å². The minimum absolute atomic E-state index is 0.377. The van der Waals surface area contributed by atoms with E-state index in [2.05, 4.69) is 6.58 Å². The fourth-order valence-corrected chi connectivity index (χ4v) is 1.83. The van der Waals surface area contributed by atoms with Gasteiger partial charge < -0.3 is 5.11 Å². The first-order chi connectivity index (χ1) is 5.70. The quantitative estimate of drug-likeness (QED) is 0.658. The summed E-state index contributed by atoms with van der Waals surface area (Å²) < 4.78 is 0. The first-order valence-electron chi connectivity index (χ1n) is 4.61. The second-order valence-electron chi connectivity index (χ2n) is 3.62. The van der Waals surface area contributed by atoms with E-state index in [9.17, 15) is 4.79 Å². The maximum atomic E-state index is 10.5. The lowest BCUT2D eigenvalue weighted by atomic mass is 9.85. The molecule has 1 saturated carbocycles. The summed E-state index contributed by atoms with van der Waals surface area (Å²) in [7, 11) is 0. The molecule has 2 nitrogen and oxygen atoms in total. The van der Waals surface area contributed by atoms with Crippen LogP contribution in [0.4, 0.5) is 0 Å². The fourth-order valence-electron chi connectivity index (χ4n) is 1.83. The van der Waals surface area contributed by atoms with Crippen LogP contribution >= 0.6 is 0 Å². The second-order valence-corrected chi connectivity index (χ2v) is 3.62. The minimum atomic E-state index is -0.833. The number of aliphatic carboxylic acids is 1. The molecule has 0 unspecified atom stereocenters. The van der Waals surface area contributed by atoms with Crippen molar-refractivity contribution in [2.24, 2.45) is 5.92 Å². The van der Waals surface area contributed by atoms with Crippen molar-refractivity contribution in [2.45, 2.75) is 38.5 Å². The molecule has 12 heavy (non-hydrogen) atoms. The van der Waals surface area contributed by atoms with Crippen molar-refractivity contribution in [2.75, 3.05) is 0 Å². The molecule has 0 aliphatic heterocycles. The Morgan fingerprint density at radius 2 is 1.92 bits per heavy atom. The average molecular weight is 168 g/mol. The van der Waals surface area contributed by atoms with Gasteiger partial charge in [0.05, 0.1) is 0 Å². The molecule has 0 heterocycles. The van der Waals surface area contributed by atoms with Crippen molar-refractivity contribution in [3.63, 3.8) is 0 Å². The third kappa shape index (κ3) is 2.68. The highest BCUT2D eigenvalue weighted by molar-refractivity contribution is 5.85. The van der Waals surface area contributed by atoms with Crippen molar-refractivity contribution < 1.29 is 9.90 Å². The van der Waals surface area contributed by atoms with E-state index in [4.69, 9.17) is 5.11 Å². The molecule has 0 saturated heterocycles. The predicted molar refractivity (Wildman–Crippen MR) is 48.0 cm³/mol. The van der Waals surface area contributed by atoms with Gasteiger partial charge in [-0.25, -0.2) is 4.79 Å². The maximum absolute atomic E-state index is 10.5. The smallest absolute Gasteiger partial charge is 0.330 e. The molecule has 0 aromatic carbocycles. The normalized spacial score (nSPS) is 19.0. The second kappa shape index (κ2) is 4.29. The van der Waals surface area contributed by atoms with Crippen LogP contribution in [0.3, 0.4) is 0 Å². The van der Waals surface area contributed by atoms with Crippen LogP contribution in [0.5, 0.6) is 0 Å². The van der Waals surface area contributed by atoms with Crippen LogP contribution < -0.4 is 0 Å². The lowest BCUT2D eigenvalue weighted by molar-refractivity contribution is -0.132. The van der Waals surface area contributed by atoms with Gasteiger partial charge in [-0.05, 0) is 12.3 Å².